The van der Waals surface area contributed by atoms with Gasteiger partial charge in [-0.05, 0) is 30.7 Å². The van der Waals surface area contributed by atoms with Gasteiger partial charge in [-0.3, -0.25) is 4.21 Å². The monoisotopic (exact) mass is 394 g/mol. The summed E-state index contributed by atoms with van der Waals surface area (Å²) in [5.41, 5.74) is 0. The fourth-order valence-electron chi connectivity index (χ4n) is 2.35. The summed E-state index contributed by atoms with van der Waals surface area (Å²) in [5.74, 6) is 0.313. The van der Waals surface area contributed by atoms with Crippen molar-refractivity contribution in [2.24, 2.45) is 0 Å². The van der Waals surface area contributed by atoms with Crippen molar-refractivity contribution in [2.45, 2.75) is 28.4 Å². The molecule has 0 bridgehead atoms. The van der Waals surface area contributed by atoms with Gasteiger partial charge in [-0.2, -0.15) is 4.31 Å². The van der Waals surface area contributed by atoms with E-state index in [2.05, 4.69) is 0 Å². The van der Waals surface area contributed by atoms with Crippen molar-refractivity contribution in [1.82, 2.24) is 8.61 Å². The Morgan fingerprint density at radius 1 is 1.04 bits per heavy atom. The average Bonchev–Trinajstić information content (AvgIpc) is 2.70. The molecule has 0 unspecified atom stereocenters. The first-order chi connectivity index (χ1) is 11.1. The molecule has 0 amide bonds. The van der Waals surface area contributed by atoms with Gasteiger partial charge >= 0.3 is 0 Å². The summed E-state index contributed by atoms with van der Waals surface area (Å²) < 4.78 is 63.8. The van der Waals surface area contributed by atoms with E-state index in [9.17, 15) is 21.0 Å². The van der Waals surface area contributed by atoms with Gasteiger partial charge in [0.25, 0.3) is 0 Å². The van der Waals surface area contributed by atoms with Crippen molar-refractivity contribution >= 4 is 30.8 Å². The third kappa shape index (κ3) is 3.88. The standard InChI is InChI=1S/C14H22N2O5S3/c1-12-8-9-16(10-11-22(12)17)24(20,21)14-6-4-13(5-7-14)23(18,19)15(2)3/h4-7,12H,8-11H2,1-3H3/t12-,22+/m0/s1. The summed E-state index contributed by atoms with van der Waals surface area (Å²) in [6, 6.07) is 5.19. The zero-order valence-corrected chi connectivity index (χ0v) is 16.3. The van der Waals surface area contributed by atoms with Crippen LogP contribution in [0.25, 0.3) is 0 Å². The third-order valence-electron chi connectivity index (χ3n) is 4.02. The molecule has 2 rings (SSSR count). The molecule has 1 fully saturated rings. The van der Waals surface area contributed by atoms with Gasteiger partial charge in [-0.1, -0.05) is 6.92 Å². The molecule has 7 nitrogen and oxygen atoms in total. The molecule has 2 atom stereocenters. The third-order valence-corrected chi connectivity index (χ3v) is 9.48. The van der Waals surface area contributed by atoms with Crippen LogP contribution < -0.4 is 0 Å². The second-order valence-corrected chi connectivity index (χ2v) is 11.9. The Balaban J connectivity index is 2.29. The van der Waals surface area contributed by atoms with E-state index in [1.807, 2.05) is 6.92 Å². The summed E-state index contributed by atoms with van der Waals surface area (Å²) in [6.07, 6.45) is 0.541. The first-order valence-corrected chi connectivity index (χ1v) is 11.7. The molecule has 0 spiro atoms. The van der Waals surface area contributed by atoms with Gasteiger partial charge in [0.15, 0.2) is 0 Å². The average molecular weight is 395 g/mol. The van der Waals surface area contributed by atoms with E-state index in [1.165, 1.54) is 42.7 Å². The Kier molecular flexibility index (Phi) is 5.86. The number of hydrogen-bond acceptors (Lipinski definition) is 5. The molecular formula is C14H22N2O5S3. The van der Waals surface area contributed by atoms with Crippen LogP contribution in [0.4, 0.5) is 0 Å². The van der Waals surface area contributed by atoms with Gasteiger partial charge in [0.05, 0.1) is 9.79 Å². The van der Waals surface area contributed by atoms with E-state index in [4.69, 9.17) is 0 Å². The molecule has 0 aliphatic carbocycles. The molecule has 1 heterocycles. The molecule has 136 valence electrons. The first kappa shape index (κ1) is 19.5. The highest BCUT2D eigenvalue weighted by Crippen LogP contribution is 2.22. The Bertz CT molecular complexity index is 816. The minimum absolute atomic E-state index is 0.0298. The van der Waals surface area contributed by atoms with Crippen molar-refractivity contribution in [3.05, 3.63) is 24.3 Å². The molecule has 0 saturated carbocycles. The van der Waals surface area contributed by atoms with E-state index in [0.717, 1.165) is 4.31 Å². The maximum absolute atomic E-state index is 12.7. The molecule has 10 heteroatoms. The molecule has 1 saturated heterocycles. The number of benzene rings is 1. The van der Waals surface area contributed by atoms with Gasteiger partial charge in [0, 0.05) is 49.0 Å². The molecule has 1 aliphatic rings. The van der Waals surface area contributed by atoms with Gasteiger partial charge in [-0.25, -0.2) is 21.1 Å². The van der Waals surface area contributed by atoms with Crippen molar-refractivity contribution in [3.8, 4) is 0 Å². The highest BCUT2D eigenvalue weighted by molar-refractivity contribution is 7.89. The Hall–Kier alpha value is -0.810. The van der Waals surface area contributed by atoms with Crippen LogP contribution in [0.3, 0.4) is 0 Å². The number of nitrogens with zero attached hydrogens (tertiary/aromatic N) is 2. The number of sulfonamides is 2. The van der Waals surface area contributed by atoms with Crippen LogP contribution in [0.1, 0.15) is 13.3 Å². The van der Waals surface area contributed by atoms with Crippen LogP contribution in [0.5, 0.6) is 0 Å². The van der Waals surface area contributed by atoms with Crippen molar-refractivity contribution < 1.29 is 21.0 Å². The van der Waals surface area contributed by atoms with E-state index in [1.54, 1.807) is 0 Å². The van der Waals surface area contributed by atoms with E-state index in [0.29, 0.717) is 18.7 Å². The first-order valence-electron chi connectivity index (χ1n) is 7.46. The minimum Gasteiger partial charge on any atom is -0.259 e. The lowest BCUT2D eigenvalue weighted by molar-refractivity contribution is 0.429. The smallest absolute Gasteiger partial charge is 0.243 e. The highest BCUT2D eigenvalue weighted by Gasteiger charge is 2.29. The normalized spacial score (nSPS) is 24.0. The highest BCUT2D eigenvalue weighted by atomic mass is 32.2. The van der Waals surface area contributed by atoms with Gasteiger partial charge in [0.2, 0.25) is 20.0 Å². The molecule has 24 heavy (non-hydrogen) atoms. The molecule has 1 aromatic carbocycles. The van der Waals surface area contributed by atoms with E-state index >= 15 is 0 Å². The predicted octanol–water partition coefficient (Wildman–Crippen LogP) is 0.469. The summed E-state index contributed by atoms with van der Waals surface area (Å²) >= 11 is 0. The Morgan fingerprint density at radius 2 is 1.58 bits per heavy atom. The van der Waals surface area contributed by atoms with Crippen LogP contribution in [0.15, 0.2) is 34.1 Å². The maximum Gasteiger partial charge on any atom is 0.243 e. The topological polar surface area (TPSA) is 91.8 Å². The number of rotatable bonds is 4. The van der Waals surface area contributed by atoms with Crippen LogP contribution in [0, 0.1) is 0 Å². The second-order valence-electron chi connectivity index (χ2n) is 5.85. The Morgan fingerprint density at radius 3 is 2.12 bits per heavy atom. The molecule has 1 aliphatic heterocycles. The summed E-state index contributed by atoms with van der Waals surface area (Å²) in [7, 11) is -5.52. The second kappa shape index (κ2) is 7.20. The maximum atomic E-state index is 12.7. The summed E-state index contributed by atoms with van der Waals surface area (Å²) in [5, 5.41) is -0.0298. The predicted molar refractivity (Wildman–Crippen MR) is 93.2 cm³/mol. The van der Waals surface area contributed by atoms with Gasteiger partial charge < -0.3 is 0 Å². The lowest BCUT2D eigenvalue weighted by Gasteiger charge is -2.20. The van der Waals surface area contributed by atoms with E-state index in [-0.39, 0.29) is 21.6 Å². The van der Waals surface area contributed by atoms with Crippen molar-refractivity contribution in [3.63, 3.8) is 0 Å². The molecule has 0 radical (unpaired) electrons. The number of hydrogen-bond donors (Lipinski definition) is 0. The molecule has 0 aromatic heterocycles. The SMILES string of the molecule is C[C@H]1CCN(S(=O)(=O)c2ccc(S(=O)(=O)N(C)C)cc2)CC[S@]1=O. The minimum atomic E-state index is -3.72. The summed E-state index contributed by atoms with van der Waals surface area (Å²) in [6.45, 7) is 2.37. The van der Waals surface area contributed by atoms with E-state index < -0.39 is 30.8 Å². The molecule has 0 N–H and O–H groups in total. The van der Waals surface area contributed by atoms with Crippen LogP contribution >= 0.6 is 0 Å². The lowest BCUT2D eigenvalue weighted by atomic mass is 10.3. The van der Waals surface area contributed by atoms with Crippen LogP contribution in [0.2, 0.25) is 0 Å². The van der Waals surface area contributed by atoms with Gasteiger partial charge in [-0.15, -0.1) is 0 Å². The van der Waals surface area contributed by atoms with Crippen molar-refractivity contribution in [1.29, 1.82) is 0 Å². The van der Waals surface area contributed by atoms with Crippen molar-refractivity contribution in [2.75, 3.05) is 32.9 Å². The molecule has 1 aromatic rings. The fraction of sp³-hybridized carbons (Fsp3) is 0.571. The van der Waals surface area contributed by atoms with Gasteiger partial charge in [0.1, 0.15) is 0 Å². The Labute approximate surface area is 146 Å². The quantitative estimate of drug-likeness (QED) is 0.740. The lowest BCUT2D eigenvalue weighted by Crippen LogP contribution is -2.33. The zero-order valence-electron chi connectivity index (χ0n) is 13.9. The van der Waals surface area contributed by atoms with Crippen LogP contribution in [-0.4, -0.2) is 67.8 Å². The summed E-state index contributed by atoms with van der Waals surface area (Å²) in [4.78, 5) is 0.0811. The molecular weight excluding hydrogens is 372 g/mol. The fourth-order valence-corrected chi connectivity index (χ4v) is 5.99. The largest absolute Gasteiger partial charge is 0.259 e. The van der Waals surface area contributed by atoms with Crippen LogP contribution in [-0.2, 0) is 30.8 Å². The zero-order chi connectivity index (χ0) is 18.1.